The van der Waals surface area contributed by atoms with E-state index in [1.165, 1.54) is 23.9 Å². The molecule has 0 aromatic heterocycles. The van der Waals surface area contributed by atoms with Crippen LogP contribution in [0, 0.1) is 27.2 Å². The summed E-state index contributed by atoms with van der Waals surface area (Å²) in [6, 6.07) is 11.3. The van der Waals surface area contributed by atoms with Crippen LogP contribution in [0.5, 0.6) is 0 Å². The maximum atomic E-state index is 11.1. The lowest BCUT2D eigenvalue weighted by Crippen LogP contribution is -1.97. The molecule has 0 fully saturated rings. The molecule has 23 heavy (non-hydrogen) atoms. The molecule has 2 aromatic rings. The van der Waals surface area contributed by atoms with E-state index in [4.69, 9.17) is 11.6 Å². The van der Waals surface area contributed by atoms with E-state index in [0.717, 1.165) is 17.2 Å². The van der Waals surface area contributed by atoms with Gasteiger partial charge in [-0.1, -0.05) is 29.8 Å². The van der Waals surface area contributed by atoms with Crippen molar-refractivity contribution in [1.82, 2.24) is 0 Å². The van der Waals surface area contributed by atoms with Gasteiger partial charge in [0.2, 0.25) is 0 Å². The lowest BCUT2D eigenvalue weighted by molar-refractivity contribution is -0.396. The highest BCUT2D eigenvalue weighted by Crippen LogP contribution is 2.36. The van der Waals surface area contributed by atoms with E-state index in [1.54, 1.807) is 0 Å². The topological polar surface area (TPSA) is 86.3 Å². The summed E-state index contributed by atoms with van der Waals surface area (Å²) >= 11 is 7.53. The van der Waals surface area contributed by atoms with Gasteiger partial charge >= 0.3 is 0 Å². The number of rotatable bonds is 6. The molecule has 8 heteroatoms. The van der Waals surface area contributed by atoms with Crippen molar-refractivity contribution in [2.24, 2.45) is 0 Å². The van der Waals surface area contributed by atoms with Crippen LogP contribution in [0.1, 0.15) is 16.5 Å². The summed E-state index contributed by atoms with van der Waals surface area (Å²) < 4.78 is 0. The number of alkyl halides is 1. The summed E-state index contributed by atoms with van der Waals surface area (Å²) in [5, 5.41) is 21.5. The summed E-state index contributed by atoms with van der Waals surface area (Å²) in [4.78, 5) is 20.9. The van der Waals surface area contributed by atoms with Gasteiger partial charge in [-0.25, -0.2) is 0 Å². The summed E-state index contributed by atoms with van der Waals surface area (Å²) in [6.45, 7) is 1.97. The minimum absolute atomic E-state index is 0.281. The van der Waals surface area contributed by atoms with Crippen molar-refractivity contribution in [3.63, 3.8) is 0 Å². The normalized spacial score (nSPS) is 11.9. The van der Waals surface area contributed by atoms with Crippen molar-refractivity contribution >= 4 is 34.7 Å². The van der Waals surface area contributed by atoms with Gasteiger partial charge in [-0.15, -0.1) is 23.4 Å². The Kier molecular flexibility index (Phi) is 5.57. The molecule has 0 radical (unpaired) electrons. The van der Waals surface area contributed by atoms with E-state index in [0.29, 0.717) is 10.6 Å². The molecule has 0 aliphatic carbocycles. The molecule has 2 rings (SSSR count). The largest absolute Gasteiger partial charge is 0.289 e. The molecular formula is C15H13ClN2O4S. The summed E-state index contributed by atoms with van der Waals surface area (Å²) in [7, 11) is 0. The average Bonchev–Trinajstić information content (AvgIpc) is 2.52. The first-order valence-corrected chi connectivity index (χ1v) is 8.07. The van der Waals surface area contributed by atoms with Crippen molar-refractivity contribution < 1.29 is 9.85 Å². The number of nitro groups is 2. The molecule has 0 aliphatic heterocycles. The van der Waals surface area contributed by atoms with E-state index in [-0.39, 0.29) is 16.8 Å². The van der Waals surface area contributed by atoms with Crippen LogP contribution in [0.3, 0.4) is 0 Å². The Balaban J connectivity index is 2.14. The lowest BCUT2D eigenvalue weighted by Gasteiger charge is -2.10. The van der Waals surface area contributed by atoms with Crippen molar-refractivity contribution in [1.29, 1.82) is 0 Å². The zero-order chi connectivity index (χ0) is 17.0. The Hall–Kier alpha value is -2.12. The molecule has 0 N–H and O–H groups in total. The van der Waals surface area contributed by atoms with Crippen LogP contribution in [-0.4, -0.2) is 15.6 Å². The quantitative estimate of drug-likeness (QED) is 0.320. The second kappa shape index (κ2) is 7.43. The van der Waals surface area contributed by atoms with Crippen molar-refractivity contribution in [3.05, 3.63) is 73.8 Å². The number of benzene rings is 2. The van der Waals surface area contributed by atoms with Gasteiger partial charge in [-0.05, 0) is 18.6 Å². The molecule has 2 aromatic carbocycles. The van der Waals surface area contributed by atoms with Crippen molar-refractivity contribution in [2.75, 3.05) is 5.75 Å². The van der Waals surface area contributed by atoms with Crippen LogP contribution in [0.15, 0.2) is 47.4 Å². The number of halogens is 1. The number of thioether (sulfide) groups is 1. The van der Waals surface area contributed by atoms with E-state index in [2.05, 4.69) is 0 Å². The third-order valence-electron chi connectivity index (χ3n) is 3.17. The van der Waals surface area contributed by atoms with Gasteiger partial charge in [0.15, 0.2) is 0 Å². The van der Waals surface area contributed by atoms with E-state index >= 15 is 0 Å². The number of non-ortho nitro benzene ring substituents is 1. The van der Waals surface area contributed by atoms with Gasteiger partial charge in [0.25, 0.3) is 11.4 Å². The van der Waals surface area contributed by atoms with Crippen molar-refractivity contribution in [3.8, 4) is 0 Å². The third-order valence-corrected chi connectivity index (χ3v) is 4.92. The van der Waals surface area contributed by atoms with Crippen LogP contribution < -0.4 is 0 Å². The van der Waals surface area contributed by atoms with E-state index < -0.39 is 9.85 Å². The fourth-order valence-corrected chi connectivity index (χ4v) is 3.22. The molecule has 0 amide bonds. The van der Waals surface area contributed by atoms with Gasteiger partial charge in [-0.2, -0.15) is 0 Å². The third kappa shape index (κ3) is 4.43. The fourth-order valence-electron chi connectivity index (χ4n) is 1.92. The molecule has 0 heterocycles. The van der Waals surface area contributed by atoms with Gasteiger partial charge in [-0.3, -0.25) is 20.2 Å². The average molecular weight is 353 g/mol. The van der Waals surface area contributed by atoms with Crippen LogP contribution in [-0.2, 0) is 0 Å². The highest BCUT2D eigenvalue weighted by Gasteiger charge is 2.20. The Bertz CT molecular complexity index is 737. The predicted molar refractivity (Wildman–Crippen MR) is 90.2 cm³/mol. The number of hydrogen-bond acceptors (Lipinski definition) is 5. The first-order valence-electron chi connectivity index (χ1n) is 6.64. The van der Waals surface area contributed by atoms with Crippen LogP contribution in [0.4, 0.5) is 11.4 Å². The minimum atomic E-state index is -0.655. The number of hydrogen-bond donors (Lipinski definition) is 0. The Morgan fingerprint density at radius 1 is 1.09 bits per heavy atom. The highest BCUT2D eigenvalue weighted by molar-refractivity contribution is 7.99. The Labute approximate surface area is 141 Å². The standard InChI is InChI=1S/C15H13ClN2O4S/c1-10-2-4-11(5-3-10)13(16)9-23-15-7-6-12(17(19)20)8-14(15)18(21)22/h2-8,13H,9H2,1H3/t13-/m1/s1. The highest BCUT2D eigenvalue weighted by atomic mass is 35.5. The Morgan fingerprint density at radius 2 is 1.74 bits per heavy atom. The van der Waals surface area contributed by atoms with Crippen molar-refractivity contribution in [2.45, 2.75) is 17.2 Å². The molecule has 0 aliphatic rings. The molecule has 1 atom stereocenters. The summed E-state index contributed by atoms with van der Waals surface area (Å²) in [5.41, 5.74) is 1.46. The van der Waals surface area contributed by atoms with Crippen LogP contribution in [0.25, 0.3) is 0 Å². The first kappa shape index (κ1) is 17.2. The maximum Gasteiger partial charge on any atom is 0.289 e. The molecule has 0 unspecified atom stereocenters. The maximum absolute atomic E-state index is 11.1. The molecule has 6 nitrogen and oxygen atoms in total. The summed E-state index contributed by atoms with van der Waals surface area (Å²) in [5.74, 6) is 0.420. The van der Waals surface area contributed by atoms with Gasteiger partial charge in [0.05, 0.1) is 26.2 Å². The number of nitro benzene ring substituents is 2. The fraction of sp³-hybridized carbons (Fsp3) is 0.200. The van der Waals surface area contributed by atoms with E-state index in [1.807, 2.05) is 31.2 Å². The first-order chi connectivity index (χ1) is 10.9. The minimum Gasteiger partial charge on any atom is -0.258 e. The summed E-state index contributed by atoms with van der Waals surface area (Å²) in [6.07, 6.45) is 0. The molecule has 0 saturated carbocycles. The molecule has 0 saturated heterocycles. The molecular weight excluding hydrogens is 340 g/mol. The molecule has 120 valence electrons. The monoisotopic (exact) mass is 352 g/mol. The van der Waals surface area contributed by atoms with Gasteiger partial charge in [0, 0.05) is 11.8 Å². The number of nitrogens with zero attached hydrogens (tertiary/aromatic N) is 2. The van der Waals surface area contributed by atoms with Gasteiger partial charge < -0.3 is 0 Å². The lowest BCUT2D eigenvalue weighted by atomic mass is 10.1. The second-order valence-electron chi connectivity index (χ2n) is 4.86. The molecule has 0 bridgehead atoms. The van der Waals surface area contributed by atoms with Crippen LogP contribution >= 0.6 is 23.4 Å². The predicted octanol–water partition coefficient (Wildman–Crippen LogP) is 4.88. The van der Waals surface area contributed by atoms with E-state index in [9.17, 15) is 20.2 Å². The second-order valence-corrected chi connectivity index (χ2v) is 6.44. The van der Waals surface area contributed by atoms with Gasteiger partial charge in [0.1, 0.15) is 0 Å². The van der Waals surface area contributed by atoms with Crippen LogP contribution in [0.2, 0.25) is 0 Å². The Morgan fingerprint density at radius 3 is 2.30 bits per heavy atom. The zero-order valence-corrected chi connectivity index (χ0v) is 13.7. The molecule has 0 spiro atoms. The smallest absolute Gasteiger partial charge is 0.258 e. The SMILES string of the molecule is Cc1ccc([C@H](Cl)CSc2ccc([N+](=O)[O-])cc2[N+](=O)[O-])cc1. The number of aryl methyl sites for hydroxylation is 1. The zero-order valence-electron chi connectivity index (χ0n) is 12.1.